The van der Waals surface area contributed by atoms with Crippen LogP contribution in [0, 0.1) is 29.1 Å². The number of carboxylic acid groups (broad SMARTS) is 1. The van der Waals surface area contributed by atoms with E-state index in [1.54, 1.807) is 0 Å². The number of aromatic nitrogens is 3. The van der Waals surface area contributed by atoms with Crippen molar-refractivity contribution >= 4 is 35.1 Å². The number of carbonyl (C=O) groups is 3. The molecule has 2 amide bonds. The Morgan fingerprint density at radius 2 is 1.74 bits per heavy atom. The number of hydrogen-bond acceptors (Lipinski definition) is 6. The molecule has 1 aromatic carbocycles. The van der Waals surface area contributed by atoms with Gasteiger partial charge in [-0.2, -0.15) is 5.10 Å². The molecule has 2 aliphatic rings. The van der Waals surface area contributed by atoms with Gasteiger partial charge >= 0.3 is 5.97 Å². The Labute approximate surface area is 172 Å². The first-order chi connectivity index (χ1) is 14.6. The number of hydrogen-bond donors (Lipinski definition) is 3. The predicted molar refractivity (Wildman–Crippen MR) is 91.5 cm³/mol. The highest BCUT2D eigenvalue weighted by atomic mass is 32.2. The molecule has 2 aliphatic heterocycles. The van der Waals surface area contributed by atoms with E-state index in [2.05, 4.69) is 15.2 Å². The Kier molecular flexibility index (Phi) is 4.91. The maximum absolute atomic E-state index is 13.8. The summed E-state index contributed by atoms with van der Waals surface area (Å²) in [4.78, 5) is 41.1. The molecule has 0 aliphatic carbocycles. The number of H-pyrrole nitrogens is 1. The summed E-state index contributed by atoms with van der Waals surface area (Å²) in [5, 5.41) is 16.5. The van der Waals surface area contributed by atoms with Crippen molar-refractivity contribution < 1.29 is 41.4 Å². The van der Waals surface area contributed by atoms with Gasteiger partial charge in [-0.25, -0.2) is 31.7 Å². The highest BCUT2D eigenvalue weighted by Gasteiger charge is 2.55. The lowest BCUT2D eigenvalue weighted by Crippen LogP contribution is -2.70. The molecule has 1 saturated heterocycles. The Bertz CT molecular complexity index is 1140. The number of benzene rings is 1. The van der Waals surface area contributed by atoms with Gasteiger partial charge in [0.1, 0.15) is 29.0 Å². The lowest BCUT2D eigenvalue weighted by atomic mass is 10.0. The molecule has 0 spiro atoms. The monoisotopic (exact) mass is 461 g/mol. The number of aromatic amines is 1. The number of halogens is 5. The second kappa shape index (κ2) is 7.33. The molecule has 0 bridgehead atoms. The number of rotatable bonds is 4. The molecule has 2 aromatic rings. The summed E-state index contributed by atoms with van der Waals surface area (Å²) in [5.41, 5.74) is -2.05. The number of thioether (sulfide) groups is 1. The van der Waals surface area contributed by atoms with Crippen molar-refractivity contribution in [3.63, 3.8) is 0 Å². The van der Waals surface area contributed by atoms with Gasteiger partial charge in [0.25, 0.3) is 11.8 Å². The molecule has 3 heterocycles. The quantitative estimate of drug-likeness (QED) is 0.268. The van der Waals surface area contributed by atoms with Gasteiger partial charge in [0.2, 0.25) is 5.82 Å². The lowest BCUT2D eigenvalue weighted by molar-refractivity contribution is -0.148. The molecule has 1 fully saturated rings. The molecule has 31 heavy (non-hydrogen) atoms. The first-order valence-electron chi connectivity index (χ1n) is 8.24. The van der Waals surface area contributed by atoms with Crippen molar-refractivity contribution in [2.45, 2.75) is 11.4 Å². The van der Waals surface area contributed by atoms with Crippen LogP contribution >= 0.6 is 11.8 Å². The van der Waals surface area contributed by atoms with Crippen molar-refractivity contribution in [3.8, 4) is 0 Å². The van der Waals surface area contributed by atoms with Crippen molar-refractivity contribution in [2.24, 2.45) is 0 Å². The fraction of sp³-hybridized carbons (Fsp3) is 0.188. The molecule has 15 heteroatoms. The number of β-lactam (4-membered cyclic amide) rings is 1. The molecular formula is C16H8F5N5O4S. The van der Waals surface area contributed by atoms with Crippen LogP contribution in [0.3, 0.4) is 0 Å². The minimum atomic E-state index is -2.43. The van der Waals surface area contributed by atoms with E-state index in [1.807, 2.05) is 5.32 Å². The first-order valence-corrected chi connectivity index (χ1v) is 9.29. The van der Waals surface area contributed by atoms with Crippen LogP contribution in [0.25, 0.3) is 5.57 Å². The molecule has 3 N–H and O–H groups in total. The summed E-state index contributed by atoms with van der Waals surface area (Å²) in [7, 11) is 0. The van der Waals surface area contributed by atoms with Crippen molar-refractivity contribution in [1.82, 2.24) is 25.4 Å². The van der Waals surface area contributed by atoms with Crippen LogP contribution in [0.2, 0.25) is 0 Å². The number of fused-ring (bicyclic) bond motifs is 1. The summed E-state index contributed by atoms with van der Waals surface area (Å²) in [6.07, 6.45) is 1.13. The molecule has 1 aromatic heterocycles. The van der Waals surface area contributed by atoms with Crippen molar-refractivity contribution in [1.29, 1.82) is 0 Å². The largest absolute Gasteiger partial charge is 0.477 e. The Morgan fingerprint density at radius 3 is 2.29 bits per heavy atom. The molecular weight excluding hydrogens is 453 g/mol. The zero-order chi connectivity index (χ0) is 22.6. The maximum atomic E-state index is 13.8. The van der Waals surface area contributed by atoms with Gasteiger partial charge in [-0.1, -0.05) is 0 Å². The third-order valence-corrected chi connectivity index (χ3v) is 5.88. The fourth-order valence-corrected chi connectivity index (χ4v) is 4.52. The van der Waals surface area contributed by atoms with E-state index < -0.39 is 69.5 Å². The predicted octanol–water partition coefficient (Wildman–Crippen LogP) is 1.01. The Hall–Kier alpha value is -3.49. The topological polar surface area (TPSA) is 128 Å². The Morgan fingerprint density at radius 1 is 1.13 bits per heavy atom. The third kappa shape index (κ3) is 3.03. The second-order valence-corrected chi connectivity index (χ2v) is 7.38. The van der Waals surface area contributed by atoms with E-state index in [9.17, 15) is 41.4 Å². The van der Waals surface area contributed by atoms with Crippen LogP contribution in [0.1, 0.15) is 16.2 Å². The number of nitrogens with one attached hydrogen (secondary N) is 2. The van der Waals surface area contributed by atoms with Crippen LogP contribution in [-0.4, -0.2) is 60.1 Å². The zero-order valence-electron chi connectivity index (χ0n) is 14.8. The smallest absolute Gasteiger partial charge is 0.353 e. The minimum absolute atomic E-state index is 0.0141. The van der Waals surface area contributed by atoms with Crippen LogP contribution in [0.5, 0.6) is 0 Å². The van der Waals surface area contributed by atoms with E-state index >= 15 is 0 Å². The molecule has 162 valence electrons. The van der Waals surface area contributed by atoms with Gasteiger partial charge in [-0.15, -0.1) is 11.8 Å². The van der Waals surface area contributed by atoms with E-state index in [-0.39, 0.29) is 17.2 Å². The van der Waals surface area contributed by atoms with Gasteiger partial charge in [0.05, 0.1) is 0 Å². The van der Waals surface area contributed by atoms with Crippen LogP contribution in [0.15, 0.2) is 12.0 Å². The second-order valence-electron chi connectivity index (χ2n) is 6.27. The molecule has 2 atom stereocenters. The number of amides is 2. The van der Waals surface area contributed by atoms with Crippen LogP contribution < -0.4 is 5.32 Å². The Balaban J connectivity index is 1.63. The molecule has 0 radical (unpaired) electrons. The zero-order valence-corrected chi connectivity index (χ0v) is 15.6. The molecule has 0 unspecified atom stereocenters. The number of carbonyl (C=O) groups excluding carboxylic acids is 2. The van der Waals surface area contributed by atoms with E-state index in [4.69, 9.17) is 0 Å². The first kappa shape index (κ1) is 20.8. The normalized spacial score (nSPS) is 20.4. The number of aliphatic carboxylic acids is 1. The van der Waals surface area contributed by atoms with E-state index in [0.29, 0.717) is 0 Å². The molecule has 9 nitrogen and oxygen atoms in total. The highest BCUT2D eigenvalue weighted by Crippen LogP contribution is 2.42. The minimum Gasteiger partial charge on any atom is -0.477 e. The number of carboxylic acids is 1. The van der Waals surface area contributed by atoms with Gasteiger partial charge in [-0.05, 0) is 0 Å². The summed E-state index contributed by atoms with van der Waals surface area (Å²) in [5.74, 6) is -15.8. The fourth-order valence-electron chi connectivity index (χ4n) is 3.17. The summed E-state index contributed by atoms with van der Waals surface area (Å²) >= 11 is 0.992. The molecule has 0 saturated carbocycles. The standard InChI is InChI=1S/C16H8F5N5O4S/c17-5-4(6(18)8(20)9(21)7(5)19)13(27)24-10-14(28)26-11(16(29)30)3(1-31-15(10)26)12-22-2-23-25-12/h2,10,15H,1H2,(H,24,27)(H,29,30)(H,22,23,25)/t10-,15-/m1/s1. The van der Waals surface area contributed by atoms with Gasteiger partial charge in [0.15, 0.2) is 29.1 Å². The van der Waals surface area contributed by atoms with E-state index in [1.165, 1.54) is 0 Å². The van der Waals surface area contributed by atoms with Gasteiger partial charge < -0.3 is 10.4 Å². The van der Waals surface area contributed by atoms with Crippen LogP contribution in [0.4, 0.5) is 22.0 Å². The highest BCUT2D eigenvalue weighted by molar-refractivity contribution is 8.00. The number of nitrogens with zero attached hydrogens (tertiary/aromatic N) is 3. The van der Waals surface area contributed by atoms with Crippen molar-refractivity contribution in [2.75, 3.05) is 5.75 Å². The average molecular weight is 461 g/mol. The van der Waals surface area contributed by atoms with Crippen molar-refractivity contribution in [3.05, 3.63) is 52.5 Å². The summed E-state index contributed by atoms with van der Waals surface area (Å²) in [6, 6.07) is -1.46. The van der Waals surface area contributed by atoms with Crippen LogP contribution in [-0.2, 0) is 9.59 Å². The third-order valence-electron chi connectivity index (χ3n) is 4.60. The lowest BCUT2D eigenvalue weighted by Gasteiger charge is -2.49. The average Bonchev–Trinajstić information content (AvgIpc) is 3.28. The summed E-state index contributed by atoms with van der Waals surface area (Å²) in [6.45, 7) is 0. The molecule has 4 rings (SSSR count). The SMILES string of the molecule is O=C(O)C1=C(c2ncn[nH]2)CS[C@@H]2[C@H](NC(=O)c3c(F)c(F)c(F)c(F)c3F)C(=O)N12. The summed E-state index contributed by atoms with van der Waals surface area (Å²) < 4.78 is 67.6. The maximum Gasteiger partial charge on any atom is 0.353 e. The van der Waals surface area contributed by atoms with Gasteiger partial charge in [0, 0.05) is 11.3 Å². The van der Waals surface area contributed by atoms with E-state index in [0.717, 1.165) is 23.0 Å². The van der Waals surface area contributed by atoms with Gasteiger partial charge in [-0.3, -0.25) is 19.6 Å².